The highest BCUT2D eigenvalue weighted by Crippen LogP contribution is 2.24. The Morgan fingerprint density at radius 3 is 2.74 bits per heavy atom. The first-order chi connectivity index (χ1) is 16.6. The molecule has 15 heteroatoms. The predicted octanol–water partition coefficient (Wildman–Crippen LogP) is -0.130. The molecular weight excluding hydrogens is 482 g/mol. The molecule has 1 saturated heterocycles. The van der Waals surface area contributed by atoms with E-state index in [-0.39, 0.29) is 24.7 Å². The smallest absolute Gasteiger partial charge is 0.291 e. The van der Waals surface area contributed by atoms with E-state index >= 15 is 0 Å². The maximum absolute atomic E-state index is 13.2. The zero-order valence-corrected chi connectivity index (χ0v) is 19.7. The Labute approximate surface area is 203 Å². The van der Waals surface area contributed by atoms with Gasteiger partial charge < -0.3 is 31.7 Å². The number of aromatic nitrogens is 1. The van der Waals surface area contributed by atoms with Gasteiger partial charge in [0.25, 0.3) is 5.09 Å². The summed E-state index contributed by atoms with van der Waals surface area (Å²) in [7, 11) is 0. The van der Waals surface area contributed by atoms with Crippen molar-refractivity contribution in [1.29, 1.82) is 0 Å². The lowest BCUT2D eigenvalue weighted by molar-refractivity contribution is -0.742. The molecule has 0 unspecified atom stereocenters. The van der Waals surface area contributed by atoms with Crippen molar-refractivity contribution in [3.05, 3.63) is 39.4 Å². The third kappa shape index (κ3) is 8.15. The molecule has 0 radical (unpaired) electrons. The number of benzene rings is 1. The minimum Gasteiger partial charge on any atom is -0.391 e. The Morgan fingerprint density at radius 2 is 2.11 bits per heavy atom. The number of carbonyl (C=O) groups is 3. The van der Waals surface area contributed by atoms with Gasteiger partial charge in [-0.05, 0) is 25.0 Å². The second-order valence-corrected chi connectivity index (χ2v) is 8.63. The number of β-amino-alcohol motifs (C(OH)–C–C–N with tert-alkyl or cyclic N) is 1. The first kappa shape index (κ1) is 27.4. The molecule has 14 nitrogen and oxygen atoms in total. The molecular formula is C20H27N7O7S. The summed E-state index contributed by atoms with van der Waals surface area (Å²) in [4.78, 5) is 52.1. The van der Waals surface area contributed by atoms with E-state index in [4.69, 9.17) is 21.2 Å². The van der Waals surface area contributed by atoms with Crippen molar-refractivity contribution in [2.45, 2.75) is 44.4 Å². The van der Waals surface area contributed by atoms with Gasteiger partial charge in [0.05, 0.1) is 22.4 Å². The number of aliphatic hydroxyl groups is 1. The number of rotatable bonds is 9. The van der Waals surface area contributed by atoms with Gasteiger partial charge in [0.1, 0.15) is 12.4 Å². The van der Waals surface area contributed by atoms with Gasteiger partial charge in [-0.2, -0.15) is 5.10 Å². The molecule has 6 N–H and O–H groups in total. The summed E-state index contributed by atoms with van der Waals surface area (Å²) in [5.74, 6) is 4.02. The number of hydrazone groups is 1. The fraction of sp³-hybridized carbons (Fsp3) is 0.450. The highest BCUT2D eigenvalue weighted by molar-refractivity contribution is 7.20. The van der Waals surface area contributed by atoms with Crippen LogP contribution in [0.15, 0.2) is 29.4 Å². The van der Waals surface area contributed by atoms with E-state index in [0.717, 1.165) is 10.2 Å². The number of nitrogens with one attached hydrogen (secondary N) is 2. The summed E-state index contributed by atoms with van der Waals surface area (Å²) in [5.41, 5.74) is 0.725. The second kappa shape index (κ2) is 13.1. The largest absolute Gasteiger partial charge is 0.391 e. The predicted molar refractivity (Wildman–Crippen MR) is 126 cm³/mol. The number of nitrogens with two attached hydrogens (primary N) is 1. The average molecular weight is 510 g/mol. The Hall–Kier alpha value is -3.85. The van der Waals surface area contributed by atoms with Gasteiger partial charge >= 0.3 is 0 Å². The third-order valence-electron chi connectivity index (χ3n) is 5.10. The number of amides is 2. The first-order valence-corrected chi connectivity index (χ1v) is 11.4. The van der Waals surface area contributed by atoms with Gasteiger partial charge in [-0.3, -0.25) is 14.4 Å². The van der Waals surface area contributed by atoms with Crippen LogP contribution in [0, 0.1) is 10.1 Å². The molecule has 2 amide bonds. The Morgan fingerprint density at radius 1 is 1.43 bits per heavy atom. The molecule has 1 aromatic heterocycles. The van der Waals surface area contributed by atoms with Gasteiger partial charge in [-0.25, -0.2) is 4.98 Å². The maximum Gasteiger partial charge on any atom is 0.291 e. The fourth-order valence-electron chi connectivity index (χ4n) is 3.60. The molecule has 190 valence electrons. The molecule has 0 aliphatic carbocycles. The number of thiazole rings is 1. The summed E-state index contributed by atoms with van der Waals surface area (Å²) in [6.45, 7) is 1.97. The SMILES string of the molecule is CC(=O)N1C[C@H](O)C[C@H]1C(=O)N[C@H](CCCNC=NN)C(=O)c1nc2ccccc2s1.O=[N+]([O-])O. The van der Waals surface area contributed by atoms with Crippen LogP contribution < -0.4 is 16.5 Å². The topological polar surface area (TPSA) is 213 Å². The number of carbonyl (C=O) groups excluding carboxylic acids is 3. The highest BCUT2D eigenvalue weighted by atomic mass is 32.1. The van der Waals surface area contributed by atoms with Crippen LogP contribution in [0.1, 0.15) is 36.0 Å². The minimum atomic E-state index is -1.50. The third-order valence-corrected chi connectivity index (χ3v) is 6.15. The standard InChI is InChI=1S/C20H26N6O4S.HNO3/c1-12(27)26-10-13(28)9-16(26)19(30)24-15(6-4-8-22-11-23-21)18(29)20-25-14-5-2-3-7-17(14)31-20;2-1(3)4/h2-3,5,7,11,13,15-16,28H,4,6,8-10,21H2,1H3,(H,22,23)(H,24,30);(H,2,3,4)/t13-,15-,16+;/m1./s1. The lowest BCUT2D eigenvalue weighted by Gasteiger charge is -2.24. The normalized spacial score (nSPS) is 18.1. The van der Waals surface area contributed by atoms with Gasteiger partial charge in [-0.1, -0.05) is 12.1 Å². The number of nitrogens with zero attached hydrogens (tertiary/aromatic N) is 4. The number of hydrogen-bond donors (Lipinski definition) is 5. The molecule has 3 rings (SSSR count). The molecule has 0 bridgehead atoms. The number of ketones is 1. The van der Waals surface area contributed by atoms with Crippen molar-refractivity contribution >= 4 is 45.5 Å². The van der Waals surface area contributed by atoms with Crippen molar-refractivity contribution < 1.29 is 29.8 Å². The molecule has 3 atom stereocenters. The van der Waals surface area contributed by atoms with Gasteiger partial charge in [0.15, 0.2) is 5.01 Å². The molecule has 1 aliphatic rings. The summed E-state index contributed by atoms with van der Waals surface area (Å²) in [5, 5.41) is 32.9. The van der Waals surface area contributed by atoms with Crippen LogP contribution in [-0.4, -0.2) is 80.5 Å². The monoisotopic (exact) mass is 509 g/mol. The summed E-state index contributed by atoms with van der Waals surface area (Å²) < 4.78 is 0.887. The zero-order chi connectivity index (χ0) is 26.0. The number of Topliss-reactive ketones (excluding diaryl/α,β-unsaturated/α-hetero) is 1. The molecule has 35 heavy (non-hydrogen) atoms. The van der Waals surface area contributed by atoms with Crippen LogP contribution in [0.2, 0.25) is 0 Å². The summed E-state index contributed by atoms with van der Waals surface area (Å²) in [6, 6.07) is 5.83. The number of fused-ring (bicyclic) bond motifs is 1. The Kier molecular flexibility index (Phi) is 10.3. The van der Waals surface area contributed by atoms with Crippen LogP contribution in [0.25, 0.3) is 10.2 Å². The quantitative estimate of drug-likeness (QED) is 0.0574. The Balaban J connectivity index is 0.00000100. The Bertz CT molecular complexity index is 1040. The van der Waals surface area contributed by atoms with Crippen LogP contribution in [0.5, 0.6) is 0 Å². The van der Waals surface area contributed by atoms with E-state index in [9.17, 15) is 19.5 Å². The van der Waals surface area contributed by atoms with Gasteiger partial charge in [0.2, 0.25) is 17.6 Å². The van der Waals surface area contributed by atoms with E-state index < -0.39 is 29.2 Å². The van der Waals surface area contributed by atoms with Crippen molar-refractivity contribution in [1.82, 2.24) is 20.5 Å². The van der Waals surface area contributed by atoms with Crippen molar-refractivity contribution in [2.75, 3.05) is 13.1 Å². The average Bonchev–Trinajstić information content (AvgIpc) is 3.41. The maximum atomic E-state index is 13.2. The zero-order valence-electron chi connectivity index (χ0n) is 18.9. The summed E-state index contributed by atoms with van der Waals surface area (Å²) in [6.07, 6.45) is 1.66. The van der Waals surface area contributed by atoms with Gasteiger partial charge in [0, 0.05) is 26.4 Å². The highest BCUT2D eigenvalue weighted by Gasteiger charge is 2.39. The van der Waals surface area contributed by atoms with Crippen molar-refractivity contribution in [2.24, 2.45) is 10.9 Å². The molecule has 1 fully saturated rings. The van der Waals surface area contributed by atoms with E-state index in [1.165, 1.54) is 29.5 Å². The number of hydrogen-bond acceptors (Lipinski definition) is 10. The van der Waals surface area contributed by atoms with E-state index in [2.05, 4.69) is 20.7 Å². The second-order valence-electron chi connectivity index (χ2n) is 7.60. The van der Waals surface area contributed by atoms with Crippen LogP contribution in [0.3, 0.4) is 0 Å². The van der Waals surface area contributed by atoms with E-state index in [1.54, 1.807) is 0 Å². The van der Waals surface area contributed by atoms with Crippen LogP contribution in [-0.2, 0) is 9.59 Å². The molecule has 2 aromatic rings. The van der Waals surface area contributed by atoms with Crippen LogP contribution >= 0.6 is 11.3 Å². The first-order valence-electron chi connectivity index (χ1n) is 10.6. The molecule has 0 spiro atoms. The molecule has 0 saturated carbocycles. The van der Waals surface area contributed by atoms with Crippen molar-refractivity contribution in [3.63, 3.8) is 0 Å². The molecule has 2 heterocycles. The number of likely N-dealkylation sites (tertiary alicyclic amines) is 1. The fourth-order valence-corrected chi connectivity index (χ4v) is 4.56. The van der Waals surface area contributed by atoms with Gasteiger partial charge in [-0.15, -0.1) is 21.5 Å². The number of aliphatic hydroxyl groups excluding tert-OH is 1. The lowest BCUT2D eigenvalue weighted by Crippen LogP contribution is -2.50. The summed E-state index contributed by atoms with van der Waals surface area (Å²) >= 11 is 1.28. The van der Waals surface area contributed by atoms with Crippen LogP contribution in [0.4, 0.5) is 0 Å². The molecule has 1 aliphatic heterocycles. The number of para-hydroxylation sites is 1. The molecule has 1 aromatic carbocycles. The lowest BCUT2D eigenvalue weighted by atomic mass is 10.1. The minimum absolute atomic E-state index is 0.103. The van der Waals surface area contributed by atoms with E-state index in [1.807, 2.05) is 24.3 Å². The van der Waals surface area contributed by atoms with E-state index in [0.29, 0.717) is 24.4 Å². The van der Waals surface area contributed by atoms with Crippen molar-refractivity contribution in [3.8, 4) is 0 Å².